The van der Waals surface area contributed by atoms with Crippen molar-refractivity contribution < 1.29 is 88.5 Å². The van der Waals surface area contributed by atoms with Gasteiger partial charge < -0.3 is 54.8 Å². The lowest BCUT2D eigenvalue weighted by Crippen LogP contribution is -2.60. The number of thiophene rings is 1. The molecule has 3 aromatic rings. The topological polar surface area (TPSA) is 364 Å². The number of alkyl carbamates (subject to hydrolysis) is 2. The number of benzene rings is 2. The summed E-state index contributed by atoms with van der Waals surface area (Å²) in [6, 6.07) is 7.22. The van der Waals surface area contributed by atoms with Gasteiger partial charge in [0.15, 0.2) is 0 Å². The van der Waals surface area contributed by atoms with Gasteiger partial charge in [0.1, 0.15) is 64.4 Å². The van der Waals surface area contributed by atoms with Crippen LogP contribution in [0, 0.1) is 22.7 Å². The quantitative estimate of drug-likeness (QED) is 0.0429. The van der Waals surface area contributed by atoms with E-state index in [0.717, 1.165) is 15.6 Å². The van der Waals surface area contributed by atoms with E-state index in [1.807, 2.05) is 17.5 Å². The molecule has 6 N–H and O–H groups in total. The number of rotatable bonds is 20. The Hall–Kier alpha value is -8.12. The molecule has 0 spiro atoms. The second-order valence-electron chi connectivity index (χ2n) is 30.4. The molecular formula is C68H90N8O19S3. The van der Waals surface area contributed by atoms with Gasteiger partial charge in [-0.3, -0.25) is 38.2 Å². The highest BCUT2D eigenvalue weighted by Gasteiger charge is 2.64. The Morgan fingerprint density at radius 1 is 0.602 bits per heavy atom. The van der Waals surface area contributed by atoms with Crippen LogP contribution in [0.5, 0.6) is 5.75 Å². The Balaban J connectivity index is 0.000000229. The third kappa shape index (κ3) is 17.3. The van der Waals surface area contributed by atoms with Crippen molar-refractivity contribution in [2.45, 2.75) is 210 Å². The molecule has 27 nitrogen and oxygen atoms in total. The summed E-state index contributed by atoms with van der Waals surface area (Å²) in [6.45, 7) is 28.2. The van der Waals surface area contributed by atoms with Gasteiger partial charge in [-0.2, -0.15) is 0 Å². The van der Waals surface area contributed by atoms with Crippen molar-refractivity contribution in [3.05, 3.63) is 89.8 Å². The Morgan fingerprint density at radius 2 is 1.02 bits per heavy atom. The Bertz CT molecular complexity index is 3950. The fourth-order valence-corrected chi connectivity index (χ4v) is 15.6. The molecule has 7 aliphatic rings. The van der Waals surface area contributed by atoms with Crippen LogP contribution >= 0.6 is 11.3 Å². The molecule has 4 aliphatic carbocycles. The number of esters is 2. The van der Waals surface area contributed by atoms with Gasteiger partial charge >= 0.3 is 24.1 Å². The lowest BCUT2D eigenvalue weighted by molar-refractivity contribution is -0.143. The summed E-state index contributed by atoms with van der Waals surface area (Å²) in [7, 11) is -7.82. The SMILES string of the molecule is C=C[C@@H]1C[C@]1(NC(=O)[C@@H]1C[C@@H](OC(=O)c2ccc3c(c2)CCO3)CN1C(=O)[C@@H](NC(=O)OC(C)(C)C)C(C)(C)C)C(=O)NS(=O)(=O)C1CC1.C=C[C@@H]1C[C@]1(NC(=O)[C@@H]1C[C@@H](OC(=O)c2ccc3sccc3c2)CN1C(=O)[C@@H](NC(=O)OC(C)(C)C)C(C)(C)C)C(=O)NS(=O)(=O)C1CC1. The standard InChI is InChI=1S/C34H46N4O10S.C34H44N4O9S2/c1-8-21-17-34(21,30(42)37-49(44,45)23-10-11-23)36-27(39)24-16-22(47-29(41)20-9-12-25-19(15-20)13-14-46-25)18-38(24)28(40)26(32(2,3)4)35-31(43)48-33(5,6)7;1-8-21-17-34(21,30(42)37-49(44,45)23-10-11-23)36-27(39)24-16-22(46-29(41)20-9-12-25-19(15-20)13-14-48-25)18-38(24)28(40)26(32(2,3)4)35-31(43)47-33(5,6)7/h8-9,12,15,21-24,26H,1,10-11,13-14,16-18H2,2-7H3,(H,35,43)(H,36,39)(H,37,42);8-9,12-15,21-24,26H,1,10-11,16-18H2,2-7H3,(H,35,43)(H,36,39)(H,37,42)/t2*21-,22-,24+,26-,34-/m11/s1. The lowest BCUT2D eigenvalue weighted by Gasteiger charge is -2.36. The number of carbonyl (C=O) groups is 10. The minimum absolute atomic E-state index is 0.107. The highest BCUT2D eigenvalue weighted by atomic mass is 32.2. The molecule has 0 bridgehead atoms. The van der Waals surface area contributed by atoms with Crippen molar-refractivity contribution in [3.63, 3.8) is 0 Å². The van der Waals surface area contributed by atoms with Crippen LogP contribution in [0.25, 0.3) is 10.1 Å². The molecule has 0 radical (unpaired) electrons. The average Bonchev–Trinajstić information content (AvgIpc) is 1.58. The minimum Gasteiger partial charge on any atom is -0.493 e. The number of sulfonamides is 2. The zero-order valence-corrected chi connectivity index (χ0v) is 59.8. The first-order chi connectivity index (χ1) is 45.5. The first-order valence-corrected chi connectivity index (χ1v) is 36.7. The van der Waals surface area contributed by atoms with Crippen LogP contribution in [-0.4, -0.2) is 175 Å². The molecule has 2 saturated heterocycles. The maximum atomic E-state index is 14.3. The van der Waals surface area contributed by atoms with E-state index in [1.165, 1.54) is 33.3 Å². The van der Waals surface area contributed by atoms with E-state index < -0.39 is 171 Å². The van der Waals surface area contributed by atoms with Crippen molar-refractivity contribution in [1.29, 1.82) is 0 Å². The summed E-state index contributed by atoms with van der Waals surface area (Å²) in [5.74, 6) is -6.18. The first-order valence-electron chi connectivity index (χ1n) is 32.7. The van der Waals surface area contributed by atoms with Gasteiger partial charge in [-0.05, 0) is 150 Å². The van der Waals surface area contributed by atoms with E-state index in [-0.39, 0.29) is 44.3 Å². The van der Waals surface area contributed by atoms with Crippen LogP contribution in [-0.2, 0) is 74.2 Å². The zero-order chi connectivity index (χ0) is 72.2. The molecular weight excluding hydrogens is 1330 g/mol. The number of nitrogens with one attached hydrogen (secondary N) is 6. The second-order valence-corrected chi connectivity index (χ2v) is 35.3. The van der Waals surface area contributed by atoms with E-state index >= 15 is 0 Å². The molecule has 534 valence electrons. The van der Waals surface area contributed by atoms with Gasteiger partial charge in [0.05, 0.1) is 41.3 Å². The third-order valence-electron chi connectivity index (χ3n) is 17.9. The fourth-order valence-electron chi connectivity index (χ4n) is 12.1. The van der Waals surface area contributed by atoms with Crippen LogP contribution in [0.2, 0.25) is 0 Å². The van der Waals surface area contributed by atoms with Crippen molar-refractivity contribution in [3.8, 4) is 5.75 Å². The number of fused-ring (bicyclic) bond motifs is 2. The molecule has 1 aromatic heterocycles. The summed E-state index contributed by atoms with van der Waals surface area (Å²) in [5, 5.41) is 12.2. The zero-order valence-electron chi connectivity index (χ0n) is 57.3. The minimum atomic E-state index is -3.91. The van der Waals surface area contributed by atoms with E-state index in [4.69, 9.17) is 23.7 Å². The maximum absolute atomic E-state index is 14.3. The van der Waals surface area contributed by atoms with Gasteiger partial charge in [0.25, 0.3) is 11.8 Å². The number of hydrogen-bond donors (Lipinski definition) is 6. The fraction of sp³-hybridized carbons (Fsp3) is 0.588. The molecule has 30 heteroatoms. The maximum Gasteiger partial charge on any atom is 0.408 e. The van der Waals surface area contributed by atoms with Crippen molar-refractivity contribution in [2.75, 3.05) is 19.7 Å². The van der Waals surface area contributed by atoms with Gasteiger partial charge in [-0.1, -0.05) is 53.7 Å². The smallest absolute Gasteiger partial charge is 0.408 e. The molecule has 10 rings (SSSR count). The average molecular weight is 1420 g/mol. The highest BCUT2D eigenvalue weighted by molar-refractivity contribution is 7.91. The summed E-state index contributed by atoms with van der Waals surface area (Å²) in [5.41, 5.74) is -5.10. The molecule has 2 aromatic carbocycles. The van der Waals surface area contributed by atoms with Crippen LogP contribution < -0.4 is 35.4 Å². The number of ether oxygens (including phenoxy) is 5. The molecule has 8 amide bonds. The van der Waals surface area contributed by atoms with Crippen molar-refractivity contribution in [2.24, 2.45) is 22.7 Å². The number of carbonyl (C=O) groups excluding carboxylic acids is 10. The van der Waals surface area contributed by atoms with Crippen LogP contribution in [0.15, 0.2) is 73.2 Å². The monoisotopic (exact) mass is 1420 g/mol. The third-order valence-corrected chi connectivity index (χ3v) is 22.4. The number of hydrogen-bond acceptors (Lipinski definition) is 20. The molecule has 4 heterocycles. The molecule has 4 saturated carbocycles. The van der Waals surface area contributed by atoms with Gasteiger partial charge in [-0.25, -0.2) is 36.0 Å². The van der Waals surface area contributed by atoms with E-state index in [1.54, 1.807) is 113 Å². The van der Waals surface area contributed by atoms with Crippen LogP contribution in [0.4, 0.5) is 9.59 Å². The summed E-state index contributed by atoms with van der Waals surface area (Å²) in [6.07, 6.45) is 1.86. The normalized spacial score (nSPS) is 24.9. The predicted molar refractivity (Wildman–Crippen MR) is 360 cm³/mol. The summed E-state index contributed by atoms with van der Waals surface area (Å²) >= 11 is 1.53. The second kappa shape index (κ2) is 27.5. The summed E-state index contributed by atoms with van der Waals surface area (Å²) < 4.78 is 83.6. The van der Waals surface area contributed by atoms with Gasteiger partial charge in [-0.15, -0.1) is 24.5 Å². The van der Waals surface area contributed by atoms with E-state index in [0.29, 0.717) is 50.0 Å². The number of amides is 8. The van der Waals surface area contributed by atoms with Gasteiger partial charge in [0.2, 0.25) is 43.7 Å². The Morgan fingerprint density at radius 3 is 1.41 bits per heavy atom. The molecule has 98 heavy (non-hydrogen) atoms. The van der Waals surface area contributed by atoms with Crippen molar-refractivity contribution in [1.82, 2.24) is 40.5 Å². The lowest BCUT2D eigenvalue weighted by atomic mass is 9.85. The molecule has 3 aliphatic heterocycles. The van der Waals surface area contributed by atoms with Crippen LogP contribution in [0.1, 0.15) is 161 Å². The molecule has 10 atom stereocenters. The Kier molecular flexibility index (Phi) is 20.8. The summed E-state index contributed by atoms with van der Waals surface area (Å²) in [4.78, 5) is 138. The molecule has 0 unspecified atom stereocenters. The van der Waals surface area contributed by atoms with Crippen molar-refractivity contribution >= 4 is 101 Å². The predicted octanol–water partition coefficient (Wildman–Crippen LogP) is 5.99. The van der Waals surface area contributed by atoms with Gasteiger partial charge in [0, 0.05) is 35.8 Å². The number of likely N-dealkylation sites (tertiary alicyclic amines) is 2. The largest absolute Gasteiger partial charge is 0.493 e. The van der Waals surface area contributed by atoms with Crippen LogP contribution in [0.3, 0.4) is 0 Å². The number of nitrogens with zero attached hydrogens (tertiary/aromatic N) is 2. The van der Waals surface area contributed by atoms with E-state index in [2.05, 4.69) is 43.9 Å². The Labute approximate surface area is 575 Å². The first kappa shape index (κ1) is 74.1. The highest BCUT2D eigenvalue weighted by Crippen LogP contribution is 2.47. The van der Waals surface area contributed by atoms with E-state index in [9.17, 15) is 64.8 Å². The molecule has 6 fully saturated rings.